The van der Waals surface area contributed by atoms with Crippen LogP contribution >= 0.6 is 11.3 Å². The second-order valence-electron chi connectivity index (χ2n) is 5.45. The number of aryl methyl sites for hydroxylation is 2. The molecule has 24 heavy (non-hydrogen) atoms. The normalized spacial score (nSPS) is 11.2. The lowest BCUT2D eigenvalue weighted by Crippen LogP contribution is -2.38. The Labute approximate surface area is 143 Å². The third-order valence-electron chi connectivity index (χ3n) is 3.92. The average molecular weight is 336 g/mol. The minimum absolute atomic E-state index is 0.0219. The first-order chi connectivity index (χ1) is 11.5. The largest absolute Gasteiger partial charge is 0.332 e. The summed E-state index contributed by atoms with van der Waals surface area (Å²) in [5, 5.41) is 0.560. The summed E-state index contributed by atoms with van der Waals surface area (Å²) >= 11 is 1.44. The molecule has 0 spiro atoms. The number of fused-ring (bicyclic) bond motifs is 1. The summed E-state index contributed by atoms with van der Waals surface area (Å²) in [6, 6.07) is 9.93. The number of aromatic nitrogens is 2. The Bertz CT molecular complexity index is 1090. The van der Waals surface area contributed by atoms with Crippen LogP contribution in [0.2, 0.25) is 0 Å². The fourth-order valence-electron chi connectivity index (χ4n) is 2.62. The third-order valence-corrected chi connectivity index (χ3v) is 5.26. The van der Waals surface area contributed by atoms with Crippen molar-refractivity contribution in [2.75, 3.05) is 0 Å². The zero-order valence-electron chi connectivity index (χ0n) is 13.4. The molecule has 0 atom stereocenters. The lowest BCUT2D eigenvalue weighted by Gasteiger charge is -2.05. The Morgan fingerprint density at radius 1 is 1.21 bits per heavy atom. The van der Waals surface area contributed by atoms with Gasteiger partial charge in [0, 0.05) is 11.9 Å². The van der Waals surface area contributed by atoms with Crippen LogP contribution in [-0.2, 0) is 13.6 Å². The van der Waals surface area contributed by atoms with Crippen molar-refractivity contribution in [3.63, 3.8) is 0 Å². The maximum Gasteiger partial charge on any atom is 0.332 e. The van der Waals surface area contributed by atoms with Crippen molar-refractivity contribution in [2.45, 2.75) is 13.5 Å². The van der Waals surface area contributed by atoms with Gasteiger partial charge < -0.3 is 0 Å². The van der Waals surface area contributed by atoms with Crippen molar-refractivity contribution in [3.05, 3.63) is 67.2 Å². The highest BCUT2D eigenvalue weighted by Crippen LogP contribution is 2.29. The lowest BCUT2D eigenvalue weighted by atomic mass is 10.1. The number of terminal acetylenes is 1. The van der Waals surface area contributed by atoms with E-state index in [1.54, 1.807) is 7.05 Å². The molecular formula is C19H16N2O2S. The molecule has 5 heteroatoms. The van der Waals surface area contributed by atoms with Gasteiger partial charge in [-0.25, -0.2) is 9.36 Å². The third kappa shape index (κ3) is 2.61. The first-order valence-corrected chi connectivity index (χ1v) is 8.25. The van der Waals surface area contributed by atoms with Crippen molar-refractivity contribution in [2.24, 2.45) is 7.05 Å². The molecule has 3 aromatic rings. The van der Waals surface area contributed by atoms with Gasteiger partial charge in [-0.1, -0.05) is 42.3 Å². The summed E-state index contributed by atoms with van der Waals surface area (Å²) in [6.45, 7) is 1.88. The lowest BCUT2D eigenvalue weighted by molar-refractivity contribution is 0.683. The summed E-state index contributed by atoms with van der Waals surface area (Å²) in [6.07, 6.45) is 9.25. The Hall–Kier alpha value is -2.84. The van der Waals surface area contributed by atoms with Gasteiger partial charge in [0.15, 0.2) is 0 Å². The highest BCUT2D eigenvalue weighted by Gasteiger charge is 2.16. The predicted molar refractivity (Wildman–Crippen MR) is 100 cm³/mol. The molecule has 0 radical (unpaired) electrons. The van der Waals surface area contributed by atoms with Crippen LogP contribution in [0.3, 0.4) is 0 Å². The summed E-state index contributed by atoms with van der Waals surface area (Å²) < 4.78 is 2.60. The van der Waals surface area contributed by atoms with Crippen molar-refractivity contribution >= 4 is 33.7 Å². The highest BCUT2D eigenvalue weighted by atomic mass is 32.1. The molecule has 0 amide bonds. The summed E-state index contributed by atoms with van der Waals surface area (Å²) in [4.78, 5) is 26.6. The second-order valence-corrected chi connectivity index (χ2v) is 6.48. The van der Waals surface area contributed by atoms with E-state index in [-0.39, 0.29) is 17.8 Å². The van der Waals surface area contributed by atoms with Crippen LogP contribution in [0.5, 0.6) is 0 Å². The van der Waals surface area contributed by atoms with E-state index in [0.717, 1.165) is 20.6 Å². The fraction of sp³-hybridized carbons (Fsp3) is 0.158. The number of hydrogen-bond donors (Lipinski definition) is 0. The van der Waals surface area contributed by atoms with Crippen LogP contribution in [0, 0.1) is 19.3 Å². The molecule has 0 saturated carbocycles. The molecule has 3 rings (SSSR count). The second kappa shape index (κ2) is 6.34. The number of nitrogens with zero attached hydrogens (tertiary/aromatic N) is 2. The Kier molecular flexibility index (Phi) is 4.24. The molecule has 0 aliphatic heterocycles. The zero-order valence-corrected chi connectivity index (χ0v) is 14.3. The van der Waals surface area contributed by atoms with Gasteiger partial charge in [0.25, 0.3) is 5.56 Å². The van der Waals surface area contributed by atoms with Crippen LogP contribution in [-0.4, -0.2) is 9.13 Å². The standard InChI is InChI=1S/C19H16N2O2S/c1-4-12-21-17(22)16-13(2)15(24-18(16)20(3)19(21)23)11-10-14-8-6-5-7-9-14/h1,5-11H,12H2,2-3H3/b11-10+. The first kappa shape index (κ1) is 16.0. The van der Waals surface area contributed by atoms with E-state index >= 15 is 0 Å². The molecule has 1 aromatic carbocycles. The van der Waals surface area contributed by atoms with Gasteiger partial charge in [-0.05, 0) is 24.1 Å². The van der Waals surface area contributed by atoms with Crippen molar-refractivity contribution < 1.29 is 0 Å². The molecule has 2 aromatic heterocycles. The SMILES string of the molecule is C#CCn1c(=O)c2c(C)c(/C=C/c3ccccc3)sc2n(C)c1=O. The van der Waals surface area contributed by atoms with E-state index in [0.29, 0.717) is 10.2 Å². The summed E-state index contributed by atoms with van der Waals surface area (Å²) in [5.74, 6) is 2.37. The van der Waals surface area contributed by atoms with Gasteiger partial charge in [-0.15, -0.1) is 17.8 Å². The number of rotatable bonds is 3. The molecule has 0 fully saturated rings. The molecule has 0 aliphatic rings. The number of thiophene rings is 1. The molecule has 0 aliphatic carbocycles. The maximum absolute atomic E-state index is 12.6. The smallest absolute Gasteiger partial charge is 0.287 e. The van der Waals surface area contributed by atoms with Crippen molar-refractivity contribution in [3.8, 4) is 12.3 Å². The van der Waals surface area contributed by atoms with E-state index in [4.69, 9.17) is 6.42 Å². The number of hydrogen-bond acceptors (Lipinski definition) is 3. The van der Waals surface area contributed by atoms with Gasteiger partial charge in [-0.3, -0.25) is 9.36 Å². The van der Waals surface area contributed by atoms with E-state index in [1.807, 2.05) is 49.4 Å². The molecule has 0 N–H and O–H groups in total. The minimum Gasteiger partial charge on any atom is -0.287 e. The van der Waals surface area contributed by atoms with Crippen LogP contribution in [0.1, 0.15) is 16.0 Å². The Morgan fingerprint density at radius 2 is 1.92 bits per heavy atom. The van der Waals surface area contributed by atoms with Gasteiger partial charge in [0.1, 0.15) is 4.83 Å². The van der Waals surface area contributed by atoms with Crippen LogP contribution in [0.25, 0.3) is 22.4 Å². The fourth-order valence-corrected chi connectivity index (χ4v) is 3.78. The zero-order chi connectivity index (χ0) is 17.3. The van der Waals surface area contributed by atoms with E-state index in [9.17, 15) is 9.59 Å². The molecule has 4 nitrogen and oxygen atoms in total. The molecule has 0 unspecified atom stereocenters. The van der Waals surface area contributed by atoms with Gasteiger partial charge in [-0.2, -0.15) is 0 Å². The molecular weight excluding hydrogens is 320 g/mol. The minimum atomic E-state index is -0.384. The van der Waals surface area contributed by atoms with Crippen molar-refractivity contribution in [1.29, 1.82) is 0 Å². The van der Waals surface area contributed by atoms with E-state index < -0.39 is 0 Å². The summed E-state index contributed by atoms with van der Waals surface area (Å²) in [7, 11) is 1.66. The van der Waals surface area contributed by atoms with Crippen LogP contribution < -0.4 is 11.2 Å². The van der Waals surface area contributed by atoms with Gasteiger partial charge >= 0.3 is 5.69 Å². The molecule has 0 saturated heterocycles. The quantitative estimate of drug-likeness (QED) is 0.690. The highest BCUT2D eigenvalue weighted by molar-refractivity contribution is 7.19. The van der Waals surface area contributed by atoms with Gasteiger partial charge in [0.05, 0.1) is 11.9 Å². The van der Waals surface area contributed by atoms with Crippen LogP contribution in [0.15, 0.2) is 39.9 Å². The number of benzene rings is 1. The van der Waals surface area contributed by atoms with E-state index in [2.05, 4.69) is 5.92 Å². The summed E-state index contributed by atoms with van der Waals surface area (Å²) in [5.41, 5.74) is 1.24. The molecule has 2 heterocycles. The Morgan fingerprint density at radius 3 is 2.58 bits per heavy atom. The monoisotopic (exact) mass is 336 g/mol. The van der Waals surface area contributed by atoms with Crippen molar-refractivity contribution in [1.82, 2.24) is 9.13 Å². The molecule has 0 bridgehead atoms. The average Bonchev–Trinajstić information content (AvgIpc) is 2.93. The maximum atomic E-state index is 12.6. The topological polar surface area (TPSA) is 44.0 Å². The van der Waals surface area contributed by atoms with Gasteiger partial charge in [0.2, 0.25) is 0 Å². The first-order valence-electron chi connectivity index (χ1n) is 7.44. The predicted octanol–water partition coefficient (Wildman–Crippen LogP) is 2.87. The Balaban J connectivity index is 2.22. The van der Waals surface area contributed by atoms with E-state index in [1.165, 1.54) is 15.9 Å². The molecule has 120 valence electrons. The van der Waals surface area contributed by atoms with Crippen LogP contribution in [0.4, 0.5) is 0 Å².